The van der Waals surface area contributed by atoms with E-state index in [1.54, 1.807) is 4.90 Å². The van der Waals surface area contributed by atoms with Crippen molar-refractivity contribution in [2.75, 3.05) is 13.1 Å². The molecule has 5 rings (SSSR count). The summed E-state index contributed by atoms with van der Waals surface area (Å²) < 4.78 is 0. The van der Waals surface area contributed by atoms with E-state index in [2.05, 4.69) is 22.0 Å². The first-order valence-electron chi connectivity index (χ1n) is 10.3. The average molecular weight is 382 g/mol. The highest BCUT2D eigenvalue weighted by atomic mass is 16.2. The highest BCUT2D eigenvalue weighted by molar-refractivity contribution is 6.05. The number of nitrogens with zero attached hydrogens (tertiary/aromatic N) is 1. The summed E-state index contributed by atoms with van der Waals surface area (Å²) in [5.41, 5.74) is 3.16. The molecule has 2 saturated heterocycles. The van der Waals surface area contributed by atoms with Crippen LogP contribution in [0.3, 0.4) is 0 Å². The van der Waals surface area contributed by atoms with Crippen molar-refractivity contribution in [1.82, 2.24) is 20.9 Å². The van der Waals surface area contributed by atoms with Gasteiger partial charge < -0.3 is 15.5 Å². The zero-order valence-corrected chi connectivity index (χ0v) is 15.9. The highest BCUT2D eigenvalue weighted by Gasteiger charge is 2.47. The first kappa shape index (κ1) is 17.8. The summed E-state index contributed by atoms with van der Waals surface area (Å²) in [6.45, 7) is 3.29. The molecule has 3 N–H and O–H groups in total. The molecule has 0 bridgehead atoms. The van der Waals surface area contributed by atoms with Crippen LogP contribution in [0.5, 0.6) is 0 Å². The summed E-state index contributed by atoms with van der Waals surface area (Å²) in [6.07, 6.45) is 4.59. The van der Waals surface area contributed by atoms with E-state index < -0.39 is 6.04 Å². The Kier molecular flexibility index (Phi) is 4.25. The number of imide groups is 1. The van der Waals surface area contributed by atoms with Crippen molar-refractivity contribution in [3.8, 4) is 0 Å². The molecule has 2 atom stereocenters. The fraction of sp³-hybridized carbons (Fsp3) is 0.571. The van der Waals surface area contributed by atoms with Gasteiger partial charge in [-0.1, -0.05) is 18.6 Å². The van der Waals surface area contributed by atoms with Gasteiger partial charge in [-0.2, -0.15) is 0 Å². The van der Waals surface area contributed by atoms with Crippen LogP contribution in [0, 0.1) is 5.41 Å². The van der Waals surface area contributed by atoms with Crippen LogP contribution in [0.1, 0.15) is 53.6 Å². The lowest BCUT2D eigenvalue weighted by molar-refractivity contribution is -0.136. The van der Waals surface area contributed by atoms with Crippen LogP contribution in [-0.2, 0) is 22.7 Å². The highest BCUT2D eigenvalue weighted by Crippen LogP contribution is 2.45. The zero-order chi connectivity index (χ0) is 19.3. The molecule has 1 saturated carbocycles. The molecule has 3 fully saturated rings. The summed E-state index contributed by atoms with van der Waals surface area (Å²) in [6, 6.07) is 5.98. The Balaban J connectivity index is 1.27. The lowest BCUT2D eigenvalue weighted by Crippen LogP contribution is -2.52. The van der Waals surface area contributed by atoms with Gasteiger partial charge in [0.15, 0.2) is 0 Å². The first-order chi connectivity index (χ1) is 13.6. The maximum Gasteiger partial charge on any atom is 0.255 e. The molecular formula is C21H26N4O3. The molecule has 148 valence electrons. The van der Waals surface area contributed by atoms with E-state index in [4.69, 9.17) is 0 Å². The number of hydrogen-bond acceptors (Lipinski definition) is 5. The number of carbonyl (C=O) groups excluding carboxylic acids is 3. The summed E-state index contributed by atoms with van der Waals surface area (Å²) in [5, 5.41) is 9.56. The Hall–Kier alpha value is -2.25. The number of hydrogen-bond donors (Lipinski definition) is 3. The molecule has 1 aromatic rings. The largest absolute Gasteiger partial charge is 0.322 e. The summed E-state index contributed by atoms with van der Waals surface area (Å²) in [7, 11) is 0. The zero-order valence-electron chi connectivity index (χ0n) is 15.9. The van der Waals surface area contributed by atoms with Crippen molar-refractivity contribution < 1.29 is 14.4 Å². The third-order valence-electron chi connectivity index (χ3n) is 7.06. The van der Waals surface area contributed by atoms with Crippen LogP contribution >= 0.6 is 0 Å². The molecule has 3 heterocycles. The van der Waals surface area contributed by atoms with Gasteiger partial charge in [0.25, 0.3) is 5.91 Å². The molecular weight excluding hydrogens is 356 g/mol. The van der Waals surface area contributed by atoms with Crippen LogP contribution in [-0.4, -0.2) is 47.8 Å². The number of fused-ring (bicyclic) bond motifs is 1. The smallest absolute Gasteiger partial charge is 0.255 e. The van der Waals surface area contributed by atoms with Gasteiger partial charge >= 0.3 is 0 Å². The number of benzene rings is 1. The van der Waals surface area contributed by atoms with E-state index in [-0.39, 0.29) is 24.1 Å². The van der Waals surface area contributed by atoms with E-state index in [9.17, 15) is 14.4 Å². The molecule has 1 aromatic carbocycles. The molecule has 28 heavy (non-hydrogen) atoms. The van der Waals surface area contributed by atoms with Crippen LogP contribution in [0.2, 0.25) is 0 Å². The quantitative estimate of drug-likeness (QED) is 0.667. The van der Waals surface area contributed by atoms with Gasteiger partial charge in [-0.25, -0.2) is 0 Å². The predicted molar refractivity (Wildman–Crippen MR) is 102 cm³/mol. The van der Waals surface area contributed by atoms with Crippen LogP contribution in [0.4, 0.5) is 0 Å². The lowest BCUT2D eigenvalue weighted by atomic mass is 9.66. The SMILES string of the molecule is O=C1CCC(N2Cc3ccc(CNC4CNCC45CCC5)cc3C2=O)C(=O)N1. The summed E-state index contributed by atoms with van der Waals surface area (Å²) in [4.78, 5) is 38.1. The van der Waals surface area contributed by atoms with Crippen LogP contribution in [0.25, 0.3) is 0 Å². The minimum Gasteiger partial charge on any atom is -0.322 e. The molecule has 3 aliphatic heterocycles. The fourth-order valence-electron chi connectivity index (χ4n) is 5.20. The third-order valence-corrected chi connectivity index (χ3v) is 7.06. The van der Waals surface area contributed by atoms with E-state index in [0.29, 0.717) is 30.0 Å². The maximum atomic E-state index is 12.9. The monoisotopic (exact) mass is 382 g/mol. The Labute approximate surface area is 164 Å². The second kappa shape index (κ2) is 6.67. The average Bonchev–Trinajstić information content (AvgIpc) is 3.22. The van der Waals surface area contributed by atoms with Crippen molar-refractivity contribution in [2.24, 2.45) is 5.41 Å². The van der Waals surface area contributed by atoms with Gasteiger partial charge in [0, 0.05) is 44.2 Å². The van der Waals surface area contributed by atoms with Crippen molar-refractivity contribution >= 4 is 17.7 Å². The summed E-state index contributed by atoms with van der Waals surface area (Å²) >= 11 is 0. The Morgan fingerprint density at radius 1 is 1.21 bits per heavy atom. The Bertz CT molecular complexity index is 848. The van der Waals surface area contributed by atoms with Gasteiger partial charge in [-0.05, 0) is 41.9 Å². The van der Waals surface area contributed by atoms with Gasteiger partial charge in [-0.15, -0.1) is 0 Å². The van der Waals surface area contributed by atoms with Crippen molar-refractivity contribution in [3.05, 3.63) is 34.9 Å². The number of nitrogens with one attached hydrogen (secondary N) is 3. The first-order valence-corrected chi connectivity index (χ1v) is 10.3. The number of amides is 3. The van der Waals surface area contributed by atoms with Gasteiger partial charge in [0.2, 0.25) is 11.8 Å². The molecule has 0 radical (unpaired) electrons. The van der Waals surface area contributed by atoms with E-state index in [0.717, 1.165) is 30.8 Å². The standard InChI is InChI=1S/C21H26N4O3/c26-18-5-4-16(19(27)24-18)25-11-14-3-2-13(8-15(14)20(25)28)9-23-17-10-22-12-21(17)6-1-7-21/h2-3,8,16-17,22-23H,1,4-7,9-12H2,(H,24,26,27). The van der Waals surface area contributed by atoms with Gasteiger partial charge in [0.05, 0.1) is 0 Å². The molecule has 0 aromatic heterocycles. The van der Waals surface area contributed by atoms with Crippen LogP contribution in [0.15, 0.2) is 18.2 Å². The third kappa shape index (κ3) is 2.84. The maximum absolute atomic E-state index is 12.9. The topological polar surface area (TPSA) is 90.5 Å². The Morgan fingerprint density at radius 3 is 2.82 bits per heavy atom. The van der Waals surface area contributed by atoms with Crippen molar-refractivity contribution in [3.63, 3.8) is 0 Å². The number of piperidine rings is 1. The molecule has 1 aliphatic carbocycles. The molecule has 7 nitrogen and oxygen atoms in total. The fourth-order valence-corrected chi connectivity index (χ4v) is 5.20. The molecule has 7 heteroatoms. The van der Waals surface area contributed by atoms with Crippen LogP contribution < -0.4 is 16.0 Å². The van der Waals surface area contributed by atoms with Gasteiger partial charge in [0.1, 0.15) is 6.04 Å². The Morgan fingerprint density at radius 2 is 2.07 bits per heavy atom. The normalized spacial score (nSPS) is 28.4. The molecule has 1 spiro atoms. The van der Waals surface area contributed by atoms with Crippen molar-refractivity contribution in [1.29, 1.82) is 0 Å². The van der Waals surface area contributed by atoms with Crippen molar-refractivity contribution in [2.45, 2.75) is 57.3 Å². The summed E-state index contributed by atoms with van der Waals surface area (Å²) in [5.74, 6) is -0.729. The second-order valence-electron chi connectivity index (χ2n) is 8.67. The van der Waals surface area contributed by atoms with Gasteiger partial charge in [-0.3, -0.25) is 19.7 Å². The molecule has 2 unspecified atom stereocenters. The minimum atomic E-state index is -0.554. The minimum absolute atomic E-state index is 0.107. The number of carbonyl (C=O) groups is 3. The lowest BCUT2D eigenvalue weighted by Gasteiger charge is -2.43. The molecule has 4 aliphatic rings. The second-order valence-corrected chi connectivity index (χ2v) is 8.67. The van der Waals surface area contributed by atoms with E-state index >= 15 is 0 Å². The molecule has 3 amide bonds. The number of rotatable bonds is 4. The predicted octanol–water partition coefficient (Wildman–Crippen LogP) is 0.679. The van der Waals surface area contributed by atoms with E-state index in [1.165, 1.54) is 19.3 Å². The van der Waals surface area contributed by atoms with E-state index in [1.807, 2.05) is 12.1 Å².